The molecule has 1 N–H and O–H groups in total. The van der Waals surface area contributed by atoms with Crippen molar-refractivity contribution in [2.24, 2.45) is 0 Å². The van der Waals surface area contributed by atoms with Gasteiger partial charge in [0.15, 0.2) is 0 Å². The second-order valence-electron chi connectivity index (χ2n) is 5.16. The fraction of sp³-hybridized carbons (Fsp3) is 0.562. The first-order valence-corrected chi connectivity index (χ1v) is 8.12. The Morgan fingerprint density at radius 2 is 1.95 bits per heavy atom. The molecule has 1 aromatic rings. The number of nitrogens with zero attached hydrogens (tertiary/aromatic N) is 1. The molecule has 0 aliphatic carbocycles. The van der Waals surface area contributed by atoms with Gasteiger partial charge >= 0.3 is 0 Å². The zero-order valence-electron chi connectivity index (χ0n) is 12.7. The number of ether oxygens (including phenoxy) is 1. The zero-order valence-corrected chi connectivity index (χ0v) is 14.3. The van der Waals surface area contributed by atoms with Gasteiger partial charge in [-0.25, -0.2) is 0 Å². The SMILES string of the molecule is CC(C)N(CCCO)C(=O)CCCOc1ccc(Br)cc1. The van der Waals surface area contributed by atoms with E-state index in [1.54, 1.807) is 0 Å². The molecule has 0 unspecified atom stereocenters. The highest BCUT2D eigenvalue weighted by atomic mass is 79.9. The summed E-state index contributed by atoms with van der Waals surface area (Å²) in [6.07, 6.45) is 1.79. The molecule has 0 spiro atoms. The molecule has 118 valence electrons. The number of hydrogen-bond acceptors (Lipinski definition) is 3. The van der Waals surface area contributed by atoms with Crippen LogP contribution >= 0.6 is 15.9 Å². The molecule has 1 amide bonds. The summed E-state index contributed by atoms with van der Waals surface area (Å²) in [6.45, 7) is 5.24. The minimum Gasteiger partial charge on any atom is -0.494 e. The Bertz CT molecular complexity index is 420. The zero-order chi connectivity index (χ0) is 15.7. The van der Waals surface area contributed by atoms with Crippen molar-refractivity contribution in [2.75, 3.05) is 19.8 Å². The molecule has 1 rings (SSSR count). The molecular formula is C16H24BrNO3. The van der Waals surface area contributed by atoms with Gasteiger partial charge in [0, 0.05) is 30.1 Å². The number of halogens is 1. The predicted molar refractivity (Wildman–Crippen MR) is 87.4 cm³/mol. The summed E-state index contributed by atoms with van der Waals surface area (Å²) in [6, 6.07) is 7.81. The maximum atomic E-state index is 12.1. The number of benzene rings is 1. The molecule has 1 aromatic carbocycles. The number of aliphatic hydroxyl groups excluding tert-OH is 1. The molecule has 21 heavy (non-hydrogen) atoms. The number of carbonyl (C=O) groups excluding carboxylic acids is 1. The van der Waals surface area contributed by atoms with Crippen LogP contribution in [0.1, 0.15) is 33.1 Å². The lowest BCUT2D eigenvalue weighted by molar-refractivity contribution is -0.133. The van der Waals surface area contributed by atoms with E-state index in [-0.39, 0.29) is 18.6 Å². The summed E-state index contributed by atoms with van der Waals surface area (Å²) in [5, 5.41) is 8.88. The van der Waals surface area contributed by atoms with Gasteiger partial charge in [-0.2, -0.15) is 0 Å². The lowest BCUT2D eigenvalue weighted by Gasteiger charge is -2.26. The molecule has 0 saturated heterocycles. The van der Waals surface area contributed by atoms with Crippen LogP contribution in [0.3, 0.4) is 0 Å². The van der Waals surface area contributed by atoms with Crippen molar-refractivity contribution in [3.8, 4) is 5.75 Å². The van der Waals surface area contributed by atoms with Gasteiger partial charge in [-0.3, -0.25) is 4.79 Å². The van der Waals surface area contributed by atoms with Crippen molar-refractivity contribution in [1.82, 2.24) is 4.90 Å². The monoisotopic (exact) mass is 357 g/mol. The lowest BCUT2D eigenvalue weighted by atomic mass is 10.2. The average Bonchev–Trinajstić information content (AvgIpc) is 2.45. The van der Waals surface area contributed by atoms with E-state index < -0.39 is 0 Å². The highest BCUT2D eigenvalue weighted by molar-refractivity contribution is 9.10. The molecule has 0 bridgehead atoms. The number of rotatable bonds is 9. The van der Waals surface area contributed by atoms with Crippen LogP contribution in [0, 0.1) is 0 Å². The van der Waals surface area contributed by atoms with Gasteiger partial charge in [0.05, 0.1) is 6.61 Å². The minimum atomic E-state index is 0.114. The fourth-order valence-corrected chi connectivity index (χ4v) is 2.26. The Labute approximate surface area is 135 Å². The van der Waals surface area contributed by atoms with Gasteiger partial charge in [0.2, 0.25) is 5.91 Å². The van der Waals surface area contributed by atoms with Crippen LogP contribution in [0.2, 0.25) is 0 Å². The minimum absolute atomic E-state index is 0.114. The van der Waals surface area contributed by atoms with E-state index in [1.165, 1.54) is 0 Å². The van der Waals surface area contributed by atoms with E-state index in [1.807, 2.05) is 43.0 Å². The van der Waals surface area contributed by atoms with Crippen LogP contribution in [-0.2, 0) is 4.79 Å². The highest BCUT2D eigenvalue weighted by Gasteiger charge is 2.15. The van der Waals surface area contributed by atoms with E-state index >= 15 is 0 Å². The quantitative estimate of drug-likeness (QED) is 0.690. The third-order valence-electron chi connectivity index (χ3n) is 3.12. The normalized spacial score (nSPS) is 10.7. The Hall–Kier alpha value is -1.07. The first-order valence-electron chi connectivity index (χ1n) is 7.33. The number of carbonyl (C=O) groups is 1. The predicted octanol–water partition coefficient (Wildman–Crippen LogP) is 3.23. The standard InChI is InChI=1S/C16H24BrNO3/c1-13(2)18(10-4-11-19)16(20)5-3-12-21-15-8-6-14(17)7-9-15/h6-9,13,19H,3-5,10-12H2,1-2H3. The van der Waals surface area contributed by atoms with Crippen molar-refractivity contribution in [1.29, 1.82) is 0 Å². The van der Waals surface area contributed by atoms with Crippen molar-refractivity contribution in [2.45, 2.75) is 39.2 Å². The molecule has 0 aromatic heterocycles. The van der Waals surface area contributed by atoms with Crippen LogP contribution in [-0.4, -0.2) is 41.7 Å². The molecule has 4 nitrogen and oxygen atoms in total. The maximum Gasteiger partial charge on any atom is 0.222 e. The van der Waals surface area contributed by atoms with E-state index in [9.17, 15) is 4.79 Å². The average molecular weight is 358 g/mol. The van der Waals surface area contributed by atoms with Crippen LogP contribution in [0.5, 0.6) is 5.75 Å². The molecule has 0 radical (unpaired) electrons. The molecule has 0 saturated carbocycles. The maximum absolute atomic E-state index is 12.1. The van der Waals surface area contributed by atoms with E-state index in [2.05, 4.69) is 15.9 Å². The number of aliphatic hydroxyl groups is 1. The van der Waals surface area contributed by atoms with E-state index in [0.717, 1.165) is 10.2 Å². The Morgan fingerprint density at radius 1 is 1.29 bits per heavy atom. The summed E-state index contributed by atoms with van der Waals surface area (Å²) >= 11 is 3.37. The first-order chi connectivity index (χ1) is 10.0. The second-order valence-corrected chi connectivity index (χ2v) is 6.08. The van der Waals surface area contributed by atoms with Crippen LogP contribution in [0.4, 0.5) is 0 Å². The number of amides is 1. The third kappa shape index (κ3) is 6.96. The van der Waals surface area contributed by atoms with Gasteiger partial charge in [0.1, 0.15) is 5.75 Å². The van der Waals surface area contributed by atoms with E-state index in [4.69, 9.17) is 9.84 Å². The molecule has 0 heterocycles. The largest absolute Gasteiger partial charge is 0.494 e. The van der Waals surface area contributed by atoms with Gasteiger partial charge < -0.3 is 14.7 Å². The first kappa shape index (κ1) is 18.0. The lowest BCUT2D eigenvalue weighted by Crippen LogP contribution is -2.38. The van der Waals surface area contributed by atoms with Crippen LogP contribution in [0.15, 0.2) is 28.7 Å². The van der Waals surface area contributed by atoms with Gasteiger partial charge in [-0.15, -0.1) is 0 Å². The Morgan fingerprint density at radius 3 is 2.52 bits per heavy atom. The summed E-state index contributed by atoms with van der Waals surface area (Å²) in [4.78, 5) is 13.9. The molecule has 5 heteroatoms. The molecule has 0 atom stereocenters. The summed E-state index contributed by atoms with van der Waals surface area (Å²) < 4.78 is 6.62. The second kappa shape index (κ2) is 9.79. The molecular weight excluding hydrogens is 334 g/mol. The number of hydrogen-bond donors (Lipinski definition) is 1. The van der Waals surface area contributed by atoms with Crippen LogP contribution in [0.25, 0.3) is 0 Å². The third-order valence-corrected chi connectivity index (χ3v) is 3.65. The summed E-state index contributed by atoms with van der Waals surface area (Å²) in [5.41, 5.74) is 0. The summed E-state index contributed by atoms with van der Waals surface area (Å²) in [5.74, 6) is 0.935. The Kier molecular flexibility index (Phi) is 8.38. The van der Waals surface area contributed by atoms with E-state index in [0.29, 0.717) is 32.4 Å². The van der Waals surface area contributed by atoms with Crippen molar-refractivity contribution in [3.05, 3.63) is 28.7 Å². The smallest absolute Gasteiger partial charge is 0.222 e. The van der Waals surface area contributed by atoms with Gasteiger partial charge in [-0.1, -0.05) is 15.9 Å². The van der Waals surface area contributed by atoms with Crippen molar-refractivity contribution in [3.63, 3.8) is 0 Å². The molecule has 0 aliphatic heterocycles. The van der Waals surface area contributed by atoms with Crippen molar-refractivity contribution >= 4 is 21.8 Å². The van der Waals surface area contributed by atoms with Gasteiger partial charge in [0.25, 0.3) is 0 Å². The summed E-state index contributed by atoms with van der Waals surface area (Å²) in [7, 11) is 0. The highest BCUT2D eigenvalue weighted by Crippen LogP contribution is 2.16. The molecule has 0 aliphatic rings. The molecule has 0 fully saturated rings. The fourth-order valence-electron chi connectivity index (χ4n) is 2.00. The van der Waals surface area contributed by atoms with Crippen molar-refractivity contribution < 1.29 is 14.6 Å². The topological polar surface area (TPSA) is 49.8 Å². The Balaban J connectivity index is 2.29. The van der Waals surface area contributed by atoms with Crippen LogP contribution < -0.4 is 4.74 Å². The van der Waals surface area contributed by atoms with Gasteiger partial charge in [-0.05, 0) is 51.0 Å².